The summed E-state index contributed by atoms with van der Waals surface area (Å²) in [7, 11) is 0. The third-order valence-corrected chi connectivity index (χ3v) is 5.12. The zero-order valence-electron chi connectivity index (χ0n) is 15.5. The van der Waals surface area contributed by atoms with Crippen molar-refractivity contribution in [2.75, 3.05) is 6.54 Å². The first-order valence-electron chi connectivity index (χ1n) is 8.94. The van der Waals surface area contributed by atoms with Gasteiger partial charge in [-0.1, -0.05) is 21.9 Å². The zero-order chi connectivity index (χ0) is 18.4. The number of hydrogen-bond acceptors (Lipinski definition) is 5. The number of amides is 1. The van der Waals surface area contributed by atoms with Gasteiger partial charge in [-0.25, -0.2) is 4.63 Å². The van der Waals surface area contributed by atoms with Crippen molar-refractivity contribution in [2.24, 2.45) is 0 Å². The van der Waals surface area contributed by atoms with Crippen molar-refractivity contribution < 1.29 is 9.42 Å². The van der Waals surface area contributed by atoms with Crippen molar-refractivity contribution in [3.63, 3.8) is 0 Å². The molecule has 0 radical (unpaired) electrons. The third-order valence-electron chi connectivity index (χ3n) is 5.12. The van der Waals surface area contributed by atoms with Crippen LogP contribution in [0.2, 0.25) is 0 Å². The van der Waals surface area contributed by atoms with Crippen LogP contribution in [0.5, 0.6) is 0 Å². The van der Waals surface area contributed by atoms with Crippen molar-refractivity contribution in [2.45, 2.75) is 46.6 Å². The molecule has 6 heteroatoms. The molecule has 1 aromatic carbocycles. The molecular formula is C20H22N4O2. The predicted molar refractivity (Wildman–Crippen MR) is 98.0 cm³/mol. The van der Waals surface area contributed by atoms with Crippen LogP contribution in [0.1, 0.15) is 57.5 Å². The van der Waals surface area contributed by atoms with E-state index in [-0.39, 0.29) is 11.9 Å². The number of aromatic nitrogens is 3. The second kappa shape index (κ2) is 6.20. The number of rotatable bonds is 2. The highest BCUT2D eigenvalue weighted by Gasteiger charge is 2.34. The lowest BCUT2D eigenvalue weighted by atomic mass is 10.0. The Hall–Kier alpha value is -2.76. The first-order valence-corrected chi connectivity index (χ1v) is 8.94. The molecular weight excluding hydrogens is 328 g/mol. The zero-order valence-corrected chi connectivity index (χ0v) is 15.5. The Kier molecular flexibility index (Phi) is 3.98. The van der Waals surface area contributed by atoms with E-state index in [1.165, 1.54) is 0 Å². The fourth-order valence-corrected chi connectivity index (χ4v) is 3.98. The molecule has 1 aliphatic heterocycles. The largest absolute Gasteiger partial charge is 0.330 e. The van der Waals surface area contributed by atoms with E-state index < -0.39 is 0 Å². The smallest absolute Gasteiger partial charge is 0.255 e. The summed E-state index contributed by atoms with van der Waals surface area (Å²) in [5.74, 6) is 0.0235. The van der Waals surface area contributed by atoms with Gasteiger partial charge in [-0.15, -0.1) is 0 Å². The summed E-state index contributed by atoms with van der Waals surface area (Å²) in [6.07, 6.45) is 1.82. The van der Waals surface area contributed by atoms with E-state index >= 15 is 0 Å². The molecule has 0 bridgehead atoms. The lowest BCUT2D eigenvalue weighted by Gasteiger charge is -2.24. The Morgan fingerprint density at radius 2 is 1.96 bits per heavy atom. The van der Waals surface area contributed by atoms with E-state index in [4.69, 9.17) is 4.63 Å². The number of benzene rings is 1. The van der Waals surface area contributed by atoms with Crippen LogP contribution in [0.3, 0.4) is 0 Å². The average molecular weight is 350 g/mol. The third kappa shape index (κ3) is 2.66. The minimum Gasteiger partial charge on any atom is -0.330 e. The molecule has 1 unspecified atom stereocenters. The number of nitrogens with zero attached hydrogens (tertiary/aromatic N) is 4. The molecule has 26 heavy (non-hydrogen) atoms. The summed E-state index contributed by atoms with van der Waals surface area (Å²) < 4.78 is 4.86. The fraction of sp³-hybridized carbons (Fsp3) is 0.400. The second-order valence-corrected chi connectivity index (χ2v) is 7.18. The van der Waals surface area contributed by atoms with Gasteiger partial charge in [0, 0.05) is 17.6 Å². The van der Waals surface area contributed by atoms with E-state index in [1.807, 2.05) is 38.7 Å². The molecule has 3 aromatic rings. The van der Waals surface area contributed by atoms with Crippen LogP contribution in [0, 0.1) is 27.7 Å². The quantitative estimate of drug-likeness (QED) is 0.702. The maximum atomic E-state index is 13.5. The van der Waals surface area contributed by atoms with Gasteiger partial charge < -0.3 is 4.90 Å². The van der Waals surface area contributed by atoms with Gasteiger partial charge in [0.15, 0.2) is 0 Å². The minimum absolute atomic E-state index is 0.0235. The van der Waals surface area contributed by atoms with Gasteiger partial charge in [-0.05, 0) is 58.2 Å². The SMILES string of the molecule is Cc1cc(C)c2nc(C)cc(C(=O)N3CCCC3c3nonc3C)c2c1. The van der Waals surface area contributed by atoms with E-state index in [1.54, 1.807) is 0 Å². The Morgan fingerprint density at radius 3 is 2.69 bits per heavy atom. The number of likely N-dealkylation sites (tertiary alicyclic amines) is 1. The lowest BCUT2D eigenvalue weighted by Crippen LogP contribution is -2.31. The summed E-state index contributed by atoms with van der Waals surface area (Å²) in [6.45, 7) is 8.60. The minimum atomic E-state index is -0.0804. The maximum absolute atomic E-state index is 13.5. The number of pyridine rings is 1. The van der Waals surface area contributed by atoms with Crippen molar-refractivity contribution in [1.29, 1.82) is 0 Å². The van der Waals surface area contributed by atoms with Crippen LogP contribution in [0.4, 0.5) is 0 Å². The second-order valence-electron chi connectivity index (χ2n) is 7.18. The van der Waals surface area contributed by atoms with Crippen LogP contribution in [0.15, 0.2) is 22.8 Å². The number of aryl methyl sites for hydroxylation is 4. The lowest BCUT2D eigenvalue weighted by molar-refractivity contribution is 0.0732. The van der Waals surface area contributed by atoms with Crippen LogP contribution in [-0.4, -0.2) is 32.6 Å². The molecule has 1 aliphatic rings. The van der Waals surface area contributed by atoms with Crippen LogP contribution >= 0.6 is 0 Å². The molecule has 1 amide bonds. The van der Waals surface area contributed by atoms with Gasteiger partial charge in [-0.3, -0.25) is 9.78 Å². The maximum Gasteiger partial charge on any atom is 0.255 e. The predicted octanol–water partition coefficient (Wildman–Crippen LogP) is 3.83. The summed E-state index contributed by atoms with van der Waals surface area (Å²) >= 11 is 0. The van der Waals surface area contributed by atoms with Crippen LogP contribution in [-0.2, 0) is 0 Å². The summed E-state index contributed by atoms with van der Waals surface area (Å²) in [6, 6.07) is 5.97. The molecule has 0 N–H and O–H groups in total. The van der Waals surface area contributed by atoms with Crippen molar-refractivity contribution in [1.82, 2.24) is 20.2 Å². The first-order chi connectivity index (χ1) is 12.5. The normalized spacial score (nSPS) is 17.2. The molecule has 2 aromatic heterocycles. The van der Waals surface area contributed by atoms with Gasteiger partial charge in [0.1, 0.15) is 11.4 Å². The fourth-order valence-electron chi connectivity index (χ4n) is 3.98. The van der Waals surface area contributed by atoms with Gasteiger partial charge in [0.2, 0.25) is 0 Å². The van der Waals surface area contributed by atoms with Crippen molar-refractivity contribution in [3.8, 4) is 0 Å². The summed E-state index contributed by atoms with van der Waals surface area (Å²) in [4.78, 5) is 20.0. The van der Waals surface area contributed by atoms with Gasteiger partial charge in [0.25, 0.3) is 5.91 Å². The standard InChI is InChI=1S/C20H22N4O2/c1-11-8-12(2)18-15(9-11)16(10-13(3)21-18)20(25)24-7-5-6-17(24)19-14(4)22-26-23-19/h8-10,17H,5-7H2,1-4H3. The number of carbonyl (C=O) groups is 1. The molecule has 0 aliphatic carbocycles. The number of hydrogen-bond donors (Lipinski definition) is 0. The molecule has 6 nitrogen and oxygen atoms in total. The highest BCUT2D eigenvalue weighted by molar-refractivity contribution is 6.07. The molecule has 4 rings (SSSR count). The number of fused-ring (bicyclic) bond motifs is 1. The summed E-state index contributed by atoms with van der Waals surface area (Å²) in [5.41, 5.74) is 6.18. The molecule has 1 atom stereocenters. The number of carbonyl (C=O) groups excluding carboxylic acids is 1. The Bertz CT molecular complexity index is 1010. The highest BCUT2D eigenvalue weighted by atomic mass is 16.6. The van der Waals surface area contributed by atoms with Gasteiger partial charge in [-0.2, -0.15) is 0 Å². The van der Waals surface area contributed by atoms with Crippen molar-refractivity contribution in [3.05, 3.63) is 52.0 Å². The van der Waals surface area contributed by atoms with E-state index in [0.29, 0.717) is 12.1 Å². The van der Waals surface area contributed by atoms with Crippen LogP contribution < -0.4 is 0 Å². The monoisotopic (exact) mass is 350 g/mol. The highest BCUT2D eigenvalue weighted by Crippen LogP contribution is 2.34. The Balaban J connectivity index is 1.82. The summed E-state index contributed by atoms with van der Waals surface area (Å²) in [5, 5.41) is 8.84. The Morgan fingerprint density at radius 1 is 1.15 bits per heavy atom. The average Bonchev–Trinajstić information content (AvgIpc) is 3.22. The first kappa shape index (κ1) is 16.7. The Labute approximate surface area is 152 Å². The molecule has 3 heterocycles. The van der Waals surface area contributed by atoms with Gasteiger partial charge in [0.05, 0.1) is 17.1 Å². The van der Waals surface area contributed by atoms with E-state index in [2.05, 4.69) is 27.4 Å². The van der Waals surface area contributed by atoms with Gasteiger partial charge >= 0.3 is 0 Å². The topological polar surface area (TPSA) is 72.1 Å². The van der Waals surface area contributed by atoms with Crippen molar-refractivity contribution >= 4 is 16.8 Å². The molecule has 0 saturated carbocycles. The van der Waals surface area contributed by atoms with Crippen LogP contribution in [0.25, 0.3) is 10.9 Å². The van der Waals surface area contributed by atoms with E-state index in [0.717, 1.165) is 52.0 Å². The molecule has 134 valence electrons. The molecule has 1 fully saturated rings. The van der Waals surface area contributed by atoms with E-state index in [9.17, 15) is 4.79 Å². The molecule has 1 saturated heterocycles. The molecule has 0 spiro atoms.